The lowest BCUT2D eigenvalue weighted by Crippen LogP contribution is -2.42. The first-order valence-corrected chi connectivity index (χ1v) is 8.12. The zero-order chi connectivity index (χ0) is 17.0. The van der Waals surface area contributed by atoms with E-state index in [4.69, 9.17) is 9.15 Å². The fourth-order valence-electron chi connectivity index (χ4n) is 2.06. The van der Waals surface area contributed by atoms with Gasteiger partial charge in [-0.25, -0.2) is 4.99 Å². The quantitative estimate of drug-likeness (QED) is 0.483. The summed E-state index contributed by atoms with van der Waals surface area (Å²) in [6.07, 6.45) is 1.01. The maximum atomic E-state index is 10.0. The molecular formula is C18H25N3O3. The van der Waals surface area contributed by atoms with Gasteiger partial charge in [-0.3, -0.25) is 0 Å². The van der Waals surface area contributed by atoms with Crippen molar-refractivity contribution in [3.63, 3.8) is 0 Å². The van der Waals surface area contributed by atoms with Crippen molar-refractivity contribution in [1.82, 2.24) is 10.6 Å². The average Bonchev–Trinajstić information content (AvgIpc) is 3.12. The lowest BCUT2D eigenvalue weighted by atomic mass is 10.2. The van der Waals surface area contributed by atoms with Crippen molar-refractivity contribution < 1.29 is 14.3 Å². The van der Waals surface area contributed by atoms with Gasteiger partial charge in [0.05, 0.1) is 25.6 Å². The minimum atomic E-state index is -0.610. The van der Waals surface area contributed by atoms with Gasteiger partial charge >= 0.3 is 0 Å². The van der Waals surface area contributed by atoms with E-state index in [0.717, 1.165) is 17.9 Å². The second-order valence-electron chi connectivity index (χ2n) is 5.31. The summed E-state index contributed by atoms with van der Waals surface area (Å²) in [5.74, 6) is 1.43. The van der Waals surface area contributed by atoms with Crippen LogP contribution in [0.1, 0.15) is 18.2 Å². The molecule has 0 saturated carbocycles. The van der Waals surface area contributed by atoms with Crippen LogP contribution in [0.3, 0.4) is 0 Å². The van der Waals surface area contributed by atoms with Gasteiger partial charge < -0.3 is 24.9 Å². The minimum absolute atomic E-state index is 0.263. The summed E-state index contributed by atoms with van der Waals surface area (Å²) >= 11 is 0. The highest BCUT2D eigenvalue weighted by molar-refractivity contribution is 5.79. The van der Waals surface area contributed by atoms with E-state index in [1.54, 1.807) is 6.26 Å². The van der Waals surface area contributed by atoms with Crippen molar-refractivity contribution in [2.75, 3.05) is 19.7 Å². The molecule has 1 heterocycles. The number of furan rings is 1. The molecule has 6 heteroatoms. The number of ether oxygens (including phenoxy) is 1. The number of aliphatic imine (C=N–C) groups is 1. The number of hydrogen-bond acceptors (Lipinski definition) is 4. The molecule has 0 saturated heterocycles. The molecule has 0 radical (unpaired) electrons. The molecule has 0 fully saturated rings. The molecule has 0 bridgehead atoms. The van der Waals surface area contributed by atoms with Crippen LogP contribution in [0.2, 0.25) is 0 Å². The predicted octanol–water partition coefficient (Wildman–Crippen LogP) is 1.91. The van der Waals surface area contributed by atoms with Gasteiger partial charge in [-0.05, 0) is 24.6 Å². The van der Waals surface area contributed by atoms with Crippen LogP contribution in [0.4, 0.5) is 0 Å². The Kier molecular flexibility index (Phi) is 7.86. The smallest absolute Gasteiger partial charge is 0.191 e. The molecule has 2 rings (SSSR count). The van der Waals surface area contributed by atoms with E-state index < -0.39 is 6.10 Å². The monoisotopic (exact) mass is 331 g/mol. The van der Waals surface area contributed by atoms with Crippen molar-refractivity contribution >= 4 is 5.96 Å². The second kappa shape index (κ2) is 10.5. The van der Waals surface area contributed by atoms with Crippen molar-refractivity contribution in [2.24, 2.45) is 4.99 Å². The summed E-state index contributed by atoms with van der Waals surface area (Å²) < 4.78 is 10.8. The predicted molar refractivity (Wildman–Crippen MR) is 93.6 cm³/mol. The molecule has 24 heavy (non-hydrogen) atoms. The van der Waals surface area contributed by atoms with E-state index in [2.05, 4.69) is 15.6 Å². The molecule has 130 valence electrons. The van der Waals surface area contributed by atoms with Crippen LogP contribution in [-0.2, 0) is 17.9 Å². The molecule has 2 aromatic rings. The third-order valence-corrected chi connectivity index (χ3v) is 3.24. The summed E-state index contributed by atoms with van der Waals surface area (Å²) in [7, 11) is 0. The van der Waals surface area contributed by atoms with E-state index in [9.17, 15) is 5.11 Å². The molecular weight excluding hydrogens is 306 g/mol. The lowest BCUT2D eigenvalue weighted by Gasteiger charge is -2.15. The molecule has 0 amide bonds. The molecule has 0 aliphatic heterocycles. The summed E-state index contributed by atoms with van der Waals surface area (Å²) in [6, 6.07) is 13.6. The lowest BCUT2D eigenvalue weighted by molar-refractivity contribution is 0.0308. The highest BCUT2D eigenvalue weighted by Gasteiger charge is 2.06. The van der Waals surface area contributed by atoms with E-state index >= 15 is 0 Å². The molecule has 0 spiro atoms. The zero-order valence-corrected chi connectivity index (χ0v) is 13.9. The van der Waals surface area contributed by atoms with E-state index in [1.807, 2.05) is 49.4 Å². The molecule has 1 atom stereocenters. The van der Waals surface area contributed by atoms with Crippen LogP contribution in [0.25, 0.3) is 0 Å². The van der Waals surface area contributed by atoms with Crippen molar-refractivity contribution in [3.05, 3.63) is 60.1 Å². The van der Waals surface area contributed by atoms with Gasteiger partial charge in [-0.15, -0.1) is 0 Å². The Morgan fingerprint density at radius 3 is 2.75 bits per heavy atom. The Labute approximate surface area is 142 Å². The molecule has 0 aliphatic carbocycles. The fraction of sp³-hybridized carbons (Fsp3) is 0.389. The Balaban J connectivity index is 1.69. The summed E-state index contributed by atoms with van der Waals surface area (Å²) in [5.41, 5.74) is 1.09. The van der Waals surface area contributed by atoms with Crippen LogP contribution < -0.4 is 10.6 Å². The van der Waals surface area contributed by atoms with Gasteiger partial charge in [0, 0.05) is 13.1 Å². The van der Waals surface area contributed by atoms with Gasteiger partial charge in [0.1, 0.15) is 12.3 Å². The van der Waals surface area contributed by atoms with Crippen LogP contribution in [0, 0.1) is 0 Å². The number of nitrogens with one attached hydrogen (secondary N) is 2. The number of rotatable bonds is 9. The number of guanidine groups is 1. The van der Waals surface area contributed by atoms with Crippen molar-refractivity contribution in [2.45, 2.75) is 26.2 Å². The third kappa shape index (κ3) is 6.85. The maximum Gasteiger partial charge on any atom is 0.191 e. The SMILES string of the molecule is CCNC(=NCc1ccco1)NCC(O)COCc1ccccc1. The maximum absolute atomic E-state index is 10.0. The second-order valence-corrected chi connectivity index (χ2v) is 5.31. The van der Waals surface area contributed by atoms with E-state index in [0.29, 0.717) is 25.7 Å². The Morgan fingerprint density at radius 2 is 2.04 bits per heavy atom. The number of aliphatic hydroxyl groups excluding tert-OH is 1. The standard InChI is InChI=1S/C18H25N3O3/c1-2-19-18(21-12-17-9-6-10-24-17)20-11-16(22)14-23-13-15-7-4-3-5-8-15/h3-10,16,22H,2,11-14H2,1H3,(H2,19,20,21). The third-order valence-electron chi connectivity index (χ3n) is 3.24. The number of hydrogen-bond donors (Lipinski definition) is 3. The number of nitrogens with zero attached hydrogens (tertiary/aromatic N) is 1. The molecule has 1 unspecified atom stereocenters. The Hall–Kier alpha value is -2.31. The molecule has 0 aliphatic rings. The first kappa shape index (κ1) is 18.0. The van der Waals surface area contributed by atoms with Gasteiger partial charge in [0.25, 0.3) is 0 Å². The first-order chi connectivity index (χ1) is 11.8. The van der Waals surface area contributed by atoms with Gasteiger partial charge in [0.2, 0.25) is 0 Å². The van der Waals surface area contributed by atoms with Crippen LogP contribution in [-0.4, -0.2) is 36.9 Å². The van der Waals surface area contributed by atoms with Gasteiger partial charge in [-0.2, -0.15) is 0 Å². The molecule has 3 N–H and O–H groups in total. The molecule has 6 nitrogen and oxygen atoms in total. The Morgan fingerprint density at radius 1 is 1.21 bits per heavy atom. The number of aliphatic hydroxyl groups is 1. The largest absolute Gasteiger partial charge is 0.467 e. The Bertz CT molecular complexity index is 585. The molecule has 1 aromatic carbocycles. The summed E-state index contributed by atoms with van der Waals surface area (Å²) in [4.78, 5) is 4.40. The van der Waals surface area contributed by atoms with Crippen LogP contribution >= 0.6 is 0 Å². The van der Waals surface area contributed by atoms with Crippen LogP contribution in [0.15, 0.2) is 58.1 Å². The van der Waals surface area contributed by atoms with Crippen molar-refractivity contribution in [3.8, 4) is 0 Å². The van der Waals surface area contributed by atoms with Gasteiger partial charge in [0.15, 0.2) is 5.96 Å². The zero-order valence-electron chi connectivity index (χ0n) is 13.9. The first-order valence-electron chi connectivity index (χ1n) is 8.12. The summed E-state index contributed by atoms with van der Waals surface area (Å²) in [6.45, 7) is 4.29. The van der Waals surface area contributed by atoms with E-state index in [1.165, 1.54) is 0 Å². The highest BCUT2D eigenvalue weighted by atomic mass is 16.5. The highest BCUT2D eigenvalue weighted by Crippen LogP contribution is 2.02. The van der Waals surface area contributed by atoms with Crippen molar-refractivity contribution in [1.29, 1.82) is 0 Å². The topological polar surface area (TPSA) is 79.0 Å². The normalized spacial score (nSPS) is 12.8. The number of benzene rings is 1. The minimum Gasteiger partial charge on any atom is -0.467 e. The summed E-state index contributed by atoms with van der Waals surface area (Å²) in [5, 5.41) is 16.2. The van der Waals surface area contributed by atoms with Crippen LogP contribution in [0.5, 0.6) is 0 Å². The van der Waals surface area contributed by atoms with Gasteiger partial charge in [-0.1, -0.05) is 30.3 Å². The van der Waals surface area contributed by atoms with E-state index in [-0.39, 0.29) is 6.61 Å². The fourth-order valence-corrected chi connectivity index (χ4v) is 2.06. The molecule has 1 aromatic heterocycles. The average molecular weight is 331 g/mol.